The molecule has 2 aromatic heterocycles. The third kappa shape index (κ3) is 5.57. The molecule has 4 aromatic rings. The van der Waals surface area contributed by atoms with Crippen LogP contribution in [0.3, 0.4) is 0 Å². The van der Waals surface area contributed by atoms with Crippen LogP contribution in [0.5, 0.6) is 11.6 Å². The van der Waals surface area contributed by atoms with Gasteiger partial charge >= 0.3 is 17.3 Å². The van der Waals surface area contributed by atoms with E-state index in [0.717, 1.165) is 10.6 Å². The summed E-state index contributed by atoms with van der Waals surface area (Å²) in [5, 5.41) is 12.6. The zero-order valence-corrected chi connectivity index (χ0v) is 20.5. The predicted molar refractivity (Wildman–Crippen MR) is 137 cm³/mol. The molecule has 0 spiro atoms. The Morgan fingerprint density at radius 1 is 1.13 bits per heavy atom. The lowest BCUT2D eigenvalue weighted by molar-refractivity contribution is -0.138. The number of ether oxygens (including phenoxy) is 1. The number of pyridine rings is 1. The number of carboxylic acids is 1. The molecule has 38 heavy (non-hydrogen) atoms. The van der Waals surface area contributed by atoms with Crippen LogP contribution >= 0.6 is 11.6 Å². The first-order chi connectivity index (χ1) is 18.3. The monoisotopic (exact) mass is 537 g/mol. The standard InChI is InChI=1S/C26H21ClFN5O5/c27-17-6-4-15(5-7-17)13-32-24(31-25(36)33(26(32)37)14-16-11-19(16)23(34)35)30-18-8-9-21(20(28)12-18)38-22-3-1-2-10-29-22/h1-10,12,16,19H,11,13-14H2,(H,34,35)(H,30,31,36)/t16-,19+/m0/s1. The van der Waals surface area contributed by atoms with Gasteiger partial charge in [0.1, 0.15) is 0 Å². The number of aliphatic carboxylic acids is 1. The number of carbonyl (C=O) groups is 1. The van der Waals surface area contributed by atoms with Gasteiger partial charge in [0.05, 0.1) is 12.5 Å². The summed E-state index contributed by atoms with van der Waals surface area (Å²) in [5.74, 6) is -2.54. The summed E-state index contributed by atoms with van der Waals surface area (Å²) in [6.45, 7) is -0.0291. The zero-order valence-electron chi connectivity index (χ0n) is 19.8. The summed E-state index contributed by atoms with van der Waals surface area (Å²) < 4.78 is 22.4. The third-order valence-corrected chi connectivity index (χ3v) is 6.35. The van der Waals surface area contributed by atoms with Crippen molar-refractivity contribution < 1.29 is 19.0 Å². The Hall–Kier alpha value is -4.51. The second-order valence-electron chi connectivity index (χ2n) is 8.80. The first-order valence-corrected chi connectivity index (χ1v) is 12.0. The SMILES string of the molecule is O=C(O)[C@@H]1C[C@H]1Cn1c(=O)nc(Nc2ccc(Oc3ccccn3)c(F)c2)n(Cc2ccc(Cl)cc2)c1=O. The van der Waals surface area contributed by atoms with Crippen LogP contribution in [0.4, 0.5) is 16.0 Å². The molecule has 0 saturated heterocycles. The molecule has 1 saturated carbocycles. The molecule has 12 heteroatoms. The van der Waals surface area contributed by atoms with Crippen LogP contribution in [0.15, 0.2) is 76.4 Å². The molecule has 5 rings (SSSR count). The highest BCUT2D eigenvalue weighted by Gasteiger charge is 2.43. The molecule has 0 bridgehead atoms. The first-order valence-electron chi connectivity index (χ1n) is 11.6. The van der Waals surface area contributed by atoms with Crippen molar-refractivity contribution in [2.75, 3.05) is 5.32 Å². The van der Waals surface area contributed by atoms with Crippen LogP contribution in [-0.4, -0.2) is 30.2 Å². The maximum absolute atomic E-state index is 14.8. The fourth-order valence-corrected chi connectivity index (χ4v) is 4.12. The van der Waals surface area contributed by atoms with Crippen molar-refractivity contribution in [3.05, 3.63) is 104 Å². The summed E-state index contributed by atoms with van der Waals surface area (Å²) in [5.41, 5.74) is -0.588. The Morgan fingerprint density at radius 2 is 1.92 bits per heavy atom. The minimum absolute atomic E-state index is 0.0298. The van der Waals surface area contributed by atoms with E-state index in [-0.39, 0.29) is 42.3 Å². The Kier molecular flexibility index (Phi) is 6.93. The molecule has 10 nitrogen and oxygen atoms in total. The number of benzene rings is 2. The Bertz CT molecular complexity index is 1610. The van der Waals surface area contributed by atoms with Crippen molar-refractivity contribution >= 4 is 29.2 Å². The van der Waals surface area contributed by atoms with E-state index < -0.39 is 29.1 Å². The number of hydrogen-bond acceptors (Lipinski definition) is 7. The molecule has 1 aliphatic rings. The Morgan fingerprint density at radius 3 is 2.58 bits per heavy atom. The molecule has 1 aliphatic carbocycles. The highest BCUT2D eigenvalue weighted by Crippen LogP contribution is 2.39. The van der Waals surface area contributed by atoms with E-state index in [0.29, 0.717) is 17.0 Å². The second kappa shape index (κ2) is 10.5. The van der Waals surface area contributed by atoms with Gasteiger partial charge in [-0.3, -0.25) is 9.36 Å². The molecular weight excluding hydrogens is 517 g/mol. The van der Waals surface area contributed by atoms with Crippen LogP contribution in [0.25, 0.3) is 0 Å². The van der Waals surface area contributed by atoms with Crippen LogP contribution < -0.4 is 21.4 Å². The number of rotatable bonds is 9. The van der Waals surface area contributed by atoms with Gasteiger partial charge in [-0.2, -0.15) is 4.98 Å². The summed E-state index contributed by atoms with van der Waals surface area (Å²) in [7, 11) is 0. The van der Waals surface area contributed by atoms with E-state index in [4.69, 9.17) is 16.3 Å². The van der Waals surface area contributed by atoms with Crippen molar-refractivity contribution in [1.82, 2.24) is 19.1 Å². The van der Waals surface area contributed by atoms with Crippen LogP contribution in [0.1, 0.15) is 12.0 Å². The zero-order chi connectivity index (χ0) is 26.8. The van der Waals surface area contributed by atoms with E-state index >= 15 is 0 Å². The number of anilines is 2. The lowest BCUT2D eigenvalue weighted by Crippen LogP contribution is -2.43. The van der Waals surface area contributed by atoms with Gasteiger partial charge in [0.15, 0.2) is 11.6 Å². The lowest BCUT2D eigenvalue weighted by Gasteiger charge is -2.16. The highest BCUT2D eigenvalue weighted by molar-refractivity contribution is 6.30. The van der Waals surface area contributed by atoms with Gasteiger partial charge in [-0.1, -0.05) is 29.8 Å². The van der Waals surface area contributed by atoms with Crippen molar-refractivity contribution in [2.24, 2.45) is 11.8 Å². The second-order valence-corrected chi connectivity index (χ2v) is 9.24. The van der Waals surface area contributed by atoms with Crippen molar-refractivity contribution in [3.8, 4) is 11.6 Å². The molecule has 0 unspecified atom stereocenters. The van der Waals surface area contributed by atoms with Gasteiger partial charge in [-0.25, -0.2) is 23.5 Å². The number of aromatic nitrogens is 4. The van der Waals surface area contributed by atoms with E-state index in [2.05, 4.69) is 15.3 Å². The summed E-state index contributed by atoms with van der Waals surface area (Å²) in [6.07, 6.45) is 1.90. The van der Waals surface area contributed by atoms with Gasteiger partial charge in [0.2, 0.25) is 11.8 Å². The lowest BCUT2D eigenvalue weighted by atomic mass is 10.2. The van der Waals surface area contributed by atoms with Gasteiger partial charge in [-0.05, 0) is 48.2 Å². The Balaban J connectivity index is 1.47. The fraction of sp³-hybridized carbons (Fsp3) is 0.192. The molecule has 0 aliphatic heterocycles. The van der Waals surface area contributed by atoms with Crippen molar-refractivity contribution in [2.45, 2.75) is 19.5 Å². The minimum atomic E-state index is -0.965. The number of nitrogens with zero attached hydrogens (tertiary/aromatic N) is 4. The summed E-state index contributed by atoms with van der Waals surface area (Å²) in [4.78, 5) is 45.5. The Labute approximate surface area is 219 Å². The maximum atomic E-state index is 14.8. The largest absolute Gasteiger partial charge is 0.481 e. The minimum Gasteiger partial charge on any atom is -0.481 e. The first kappa shape index (κ1) is 25.2. The summed E-state index contributed by atoms with van der Waals surface area (Å²) >= 11 is 5.98. The van der Waals surface area contributed by atoms with Crippen molar-refractivity contribution in [1.29, 1.82) is 0 Å². The average Bonchev–Trinajstić information content (AvgIpc) is 3.67. The fourth-order valence-electron chi connectivity index (χ4n) is 3.99. The van der Waals surface area contributed by atoms with E-state index in [9.17, 15) is 23.9 Å². The average molecular weight is 538 g/mol. The molecule has 2 heterocycles. The van der Waals surface area contributed by atoms with E-state index in [1.54, 1.807) is 42.5 Å². The normalized spacial score (nSPS) is 16.2. The molecule has 2 atom stereocenters. The number of nitrogens with one attached hydrogen (secondary N) is 1. The van der Waals surface area contributed by atoms with Gasteiger partial charge in [0, 0.05) is 35.6 Å². The summed E-state index contributed by atoms with van der Waals surface area (Å²) in [6, 6.07) is 15.8. The smallest absolute Gasteiger partial charge is 0.354 e. The molecule has 2 N–H and O–H groups in total. The van der Waals surface area contributed by atoms with E-state index in [1.807, 2.05) is 0 Å². The van der Waals surface area contributed by atoms with Gasteiger partial charge in [0.25, 0.3) is 0 Å². The maximum Gasteiger partial charge on any atom is 0.354 e. The topological polar surface area (TPSA) is 128 Å². The quantitative estimate of drug-likeness (QED) is 0.329. The van der Waals surface area contributed by atoms with Gasteiger partial charge in [-0.15, -0.1) is 0 Å². The van der Waals surface area contributed by atoms with Gasteiger partial charge < -0.3 is 15.2 Å². The predicted octanol–water partition coefficient (Wildman–Crippen LogP) is 3.90. The van der Waals surface area contributed by atoms with Crippen LogP contribution in [0, 0.1) is 17.7 Å². The van der Waals surface area contributed by atoms with Crippen LogP contribution in [-0.2, 0) is 17.9 Å². The molecular formula is C26H21ClFN5O5. The highest BCUT2D eigenvalue weighted by atomic mass is 35.5. The molecule has 0 radical (unpaired) electrons. The number of hydrogen-bond donors (Lipinski definition) is 2. The number of carboxylic acid groups (broad SMARTS) is 1. The molecule has 1 fully saturated rings. The molecule has 0 amide bonds. The number of halogens is 2. The third-order valence-electron chi connectivity index (χ3n) is 6.10. The molecule has 2 aromatic carbocycles. The van der Waals surface area contributed by atoms with Crippen molar-refractivity contribution in [3.63, 3.8) is 0 Å². The van der Waals surface area contributed by atoms with Crippen LogP contribution in [0.2, 0.25) is 5.02 Å². The van der Waals surface area contributed by atoms with E-state index in [1.165, 1.54) is 22.9 Å². The molecule has 194 valence electrons.